The molecule has 9 nitrogen and oxygen atoms in total. The van der Waals surface area contributed by atoms with E-state index in [1.807, 2.05) is 59.7 Å². The van der Waals surface area contributed by atoms with Gasteiger partial charge in [0, 0.05) is 23.6 Å². The van der Waals surface area contributed by atoms with Crippen molar-refractivity contribution in [3.63, 3.8) is 0 Å². The fraction of sp³-hybridized carbons (Fsp3) is 0.343. The van der Waals surface area contributed by atoms with Gasteiger partial charge in [0.15, 0.2) is 17.3 Å². The molecule has 3 aromatic rings. The molecule has 0 saturated heterocycles. The van der Waals surface area contributed by atoms with E-state index in [1.165, 1.54) is 18.2 Å². The Morgan fingerprint density at radius 1 is 0.977 bits per heavy atom. The first-order valence-corrected chi connectivity index (χ1v) is 14.6. The molecule has 5 rings (SSSR count). The van der Waals surface area contributed by atoms with E-state index in [2.05, 4.69) is 5.32 Å². The van der Waals surface area contributed by atoms with Crippen LogP contribution in [0.15, 0.2) is 54.6 Å². The number of nitrogens with zero attached hydrogens (tertiary/aromatic N) is 1. The lowest BCUT2D eigenvalue weighted by Gasteiger charge is -2.28. The van der Waals surface area contributed by atoms with Crippen LogP contribution in [-0.4, -0.2) is 33.6 Å². The van der Waals surface area contributed by atoms with E-state index in [-0.39, 0.29) is 39.9 Å². The van der Waals surface area contributed by atoms with Gasteiger partial charge in [0.2, 0.25) is 0 Å². The summed E-state index contributed by atoms with van der Waals surface area (Å²) in [6.07, 6.45) is 3.90. The predicted octanol–water partition coefficient (Wildman–Crippen LogP) is 6.94. The van der Waals surface area contributed by atoms with Crippen LogP contribution < -0.4 is 10.1 Å². The topological polar surface area (TPSA) is 136 Å². The largest absolute Gasteiger partial charge is 0.507 e. The molecule has 228 valence electrons. The van der Waals surface area contributed by atoms with Gasteiger partial charge in [-0.2, -0.15) is 0 Å². The van der Waals surface area contributed by atoms with Crippen molar-refractivity contribution in [3.05, 3.63) is 98.1 Å². The van der Waals surface area contributed by atoms with Gasteiger partial charge in [0.25, 0.3) is 5.69 Å². The zero-order valence-corrected chi connectivity index (χ0v) is 25.7. The van der Waals surface area contributed by atoms with Gasteiger partial charge in [0.1, 0.15) is 17.2 Å². The third-order valence-electron chi connectivity index (χ3n) is 8.15. The Hall–Kier alpha value is -4.79. The molecule has 2 unspecified atom stereocenters. The highest BCUT2D eigenvalue weighted by atomic mass is 16.6. The number of hydrogen-bond donors (Lipinski definition) is 2. The fourth-order valence-corrected chi connectivity index (χ4v) is 5.87. The Bertz CT molecular complexity index is 1710. The first kappa shape index (κ1) is 30.7. The Morgan fingerprint density at radius 3 is 2.23 bits per heavy atom. The third-order valence-corrected chi connectivity index (χ3v) is 8.15. The molecule has 2 N–H and O–H groups in total. The minimum Gasteiger partial charge on any atom is -0.507 e. The number of nitro benzene ring substituents is 1. The van der Waals surface area contributed by atoms with E-state index in [9.17, 15) is 29.6 Å². The zero-order chi connectivity index (χ0) is 32.1. The number of aromatic hydroxyl groups is 1. The summed E-state index contributed by atoms with van der Waals surface area (Å²) in [4.78, 5) is 50.6. The van der Waals surface area contributed by atoms with Crippen LogP contribution in [0.25, 0.3) is 6.08 Å². The molecular weight excluding hydrogens is 560 g/mol. The lowest BCUT2D eigenvalue weighted by atomic mass is 9.78. The van der Waals surface area contributed by atoms with Crippen LogP contribution in [0, 0.1) is 16.0 Å². The van der Waals surface area contributed by atoms with Gasteiger partial charge in [-0.1, -0.05) is 90.1 Å². The van der Waals surface area contributed by atoms with Crippen LogP contribution in [0.5, 0.6) is 11.5 Å². The maximum absolute atomic E-state index is 13.3. The van der Waals surface area contributed by atoms with Crippen LogP contribution in [-0.2, 0) is 22.0 Å². The summed E-state index contributed by atoms with van der Waals surface area (Å²) in [6, 6.07) is 12.3. The number of benzene rings is 3. The number of ether oxygens (including phenoxy) is 1. The summed E-state index contributed by atoms with van der Waals surface area (Å²) in [5, 5.41) is 25.7. The molecule has 44 heavy (non-hydrogen) atoms. The second-order valence-corrected chi connectivity index (χ2v) is 13.4. The molecule has 2 atom stereocenters. The molecule has 0 saturated carbocycles. The minimum atomic E-state index is -1.19. The average molecular weight is 597 g/mol. The standard InChI is InChI=1S/C35H36N2O7/c1-34(2,3)22-17-19(18-23(32(22)40)35(4,5)6)13-16-27(38)44-26-12-7-9-20-14-15-24(36-30(20)26)29-31(39)21-10-8-11-25(37(42)43)28(21)33(29)41/h7-12,14-15,17-18,24,29,36,40H,13,16H2,1-6H3. The molecule has 1 heterocycles. The average Bonchev–Trinajstić information content (AvgIpc) is 3.20. The Balaban J connectivity index is 1.35. The lowest BCUT2D eigenvalue weighted by molar-refractivity contribution is -0.385. The van der Waals surface area contributed by atoms with Gasteiger partial charge >= 0.3 is 5.97 Å². The second-order valence-electron chi connectivity index (χ2n) is 13.4. The molecule has 0 amide bonds. The smallest absolute Gasteiger partial charge is 0.311 e. The zero-order valence-electron chi connectivity index (χ0n) is 25.7. The van der Waals surface area contributed by atoms with E-state index >= 15 is 0 Å². The van der Waals surface area contributed by atoms with Crippen molar-refractivity contribution < 1.29 is 29.2 Å². The summed E-state index contributed by atoms with van der Waals surface area (Å²) in [7, 11) is 0. The molecule has 1 aliphatic carbocycles. The van der Waals surface area contributed by atoms with E-state index in [0.717, 1.165) is 16.7 Å². The normalized spacial score (nSPS) is 17.6. The van der Waals surface area contributed by atoms with E-state index in [0.29, 0.717) is 17.7 Å². The van der Waals surface area contributed by atoms with Crippen LogP contribution in [0.2, 0.25) is 0 Å². The molecule has 1 aliphatic heterocycles. The number of rotatable bonds is 6. The Kier molecular flexibility index (Phi) is 7.70. The Morgan fingerprint density at radius 2 is 1.61 bits per heavy atom. The number of nitro groups is 1. The number of hydrogen-bond acceptors (Lipinski definition) is 8. The van der Waals surface area contributed by atoms with Crippen LogP contribution in [0.3, 0.4) is 0 Å². The van der Waals surface area contributed by atoms with E-state index < -0.39 is 40.1 Å². The van der Waals surface area contributed by atoms with Gasteiger partial charge in [0.05, 0.1) is 16.7 Å². The minimum absolute atomic E-state index is 0.0355. The van der Waals surface area contributed by atoms with Crippen molar-refractivity contribution in [1.29, 1.82) is 0 Å². The SMILES string of the molecule is CC(C)(C)c1cc(CCC(=O)Oc2cccc3c2NC(C2C(=O)c4cccc([N+](=O)[O-])c4C2=O)C=C3)cc(C(C)(C)C)c1O. The van der Waals surface area contributed by atoms with Gasteiger partial charge in [-0.25, -0.2) is 0 Å². The number of carbonyl (C=O) groups is 3. The lowest BCUT2D eigenvalue weighted by Crippen LogP contribution is -2.36. The van der Waals surface area contributed by atoms with Crippen molar-refractivity contribution in [2.75, 3.05) is 5.32 Å². The van der Waals surface area contributed by atoms with Gasteiger partial charge in [-0.05, 0) is 40.0 Å². The van der Waals surface area contributed by atoms with Crippen molar-refractivity contribution in [3.8, 4) is 11.5 Å². The van der Waals surface area contributed by atoms with E-state index in [4.69, 9.17) is 4.74 Å². The molecule has 0 radical (unpaired) electrons. The third kappa shape index (κ3) is 5.62. The van der Waals surface area contributed by atoms with Crippen molar-refractivity contribution in [2.24, 2.45) is 5.92 Å². The number of nitrogens with one attached hydrogen (secondary N) is 1. The number of esters is 1. The second kappa shape index (κ2) is 11.0. The quantitative estimate of drug-likeness (QED) is 0.103. The molecule has 0 spiro atoms. The highest BCUT2D eigenvalue weighted by molar-refractivity contribution is 6.28. The van der Waals surface area contributed by atoms with Crippen LogP contribution in [0.1, 0.15) is 90.9 Å². The van der Waals surface area contributed by atoms with Gasteiger partial charge in [-0.3, -0.25) is 24.5 Å². The maximum atomic E-state index is 13.3. The summed E-state index contributed by atoms with van der Waals surface area (Å²) in [6.45, 7) is 12.2. The molecule has 2 aliphatic rings. The van der Waals surface area contributed by atoms with Crippen LogP contribution >= 0.6 is 0 Å². The fourth-order valence-electron chi connectivity index (χ4n) is 5.87. The van der Waals surface area contributed by atoms with Crippen molar-refractivity contribution >= 4 is 35.0 Å². The van der Waals surface area contributed by atoms with Crippen molar-refractivity contribution in [2.45, 2.75) is 71.3 Å². The van der Waals surface area contributed by atoms with E-state index in [1.54, 1.807) is 24.3 Å². The maximum Gasteiger partial charge on any atom is 0.311 e. The molecule has 9 heteroatoms. The number of phenolic OH excluding ortho intramolecular Hbond substituents is 1. The monoisotopic (exact) mass is 596 g/mol. The number of para-hydroxylation sites is 1. The molecule has 0 fully saturated rings. The number of ketones is 2. The first-order valence-electron chi connectivity index (χ1n) is 14.6. The molecule has 0 aromatic heterocycles. The molecular formula is C35H36N2O7. The molecule has 3 aromatic carbocycles. The number of aryl methyl sites for hydroxylation is 1. The molecule has 0 bridgehead atoms. The summed E-state index contributed by atoms with van der Waals surface area (Å²) in [5.74, 6) is -2.24. The summed E-state index contributed by atoms with van der Waals surface area (Å²) in [5.41, 5.74) is 2.58. The highest BCUT2D eigenvalue weighted by Crippen LogP contribution is 2.42. The summed E-state index contributed by atoms with van der Waals surface area (Å²) >= 11 is 0. The van der Waals surface area contributed by atoms with Crippen molar-refractivity contribution in [1.82, 2.24) is 0 Å². The van der Waals surface area contributed by atoms with Gasteiger partial charge < -0.3 is 15.2 Å². The number of carbonyl (C=O) groups excluding carboxylic acids is 3. The highest BCUT2D eigenvalue weighted by Gasteiger charge is 2.47. The Labute approximate surface area is 256 Å². The van der Waals surface area contributed by atoms with Gasteiger partial charge in [-0.15, -0.1) is 0 Å². The number of fused-ring (bicyclic) bond motifs is 2. The number of anilines is 1. The van der Waals surface area contributed by atoms with Crippen LogP contribution in [0.4, 0.5) is 11.4 Å². The summed E-state index contributed by atoms with van der Waals surface area (Å²) < 4.78 is 5.79. The first-order chi connectivity index (χ1) is 20.6. The number of phenols is 1. The number of Topliss-reactive ketones (excluding diaryl/α,β-unsaturated/α-hetero) is 2. The predicted molar refractivity (Wildman–Crippen MR) is 168 cm³/mol.